The molecule has 0 atom stereocenters. The monoisotopic (exact) mass is 304 g/mol. The Morgan fingerprint density at radius 1 is 1.43 bits per heavy atom. The number of nitrogens with one attached hydrogen (secondary N) is 1. The van der Waals surface area contributed by atoms with Crippen LogP contribution < -0.4 is 5.32 Å². The summed E-state index contributed by atoms with van der Waals surface area (Å²) < 4.78 is 2.22. The van der Waals surface area contributed by atoms with Gasteiger partial charge >= 0.3 is 0 Å². The number of thiazole rings is 1. The molecule has 1 saturated carbocycles. The van der Waals surface area contributed by atoms with Crippen LogP contribution in [0.5, 0.6) is 0 Å². The van der Waals surface area contributed by atoms with Crippen molar-refractivity contribution in [3.05, 3.63) is 33.3 Å². The van der Waals surface area contributed by atoms with Crippen molar-refractivity contribution in [2.24, 2.45) is 0 Å². The summed E-state index contributed by atoms with van der Waals surface area (Å²) in [6.45, 7) is 7.26. The van der Waals surface area contributed by atoms with Gasteiger partial charge in [-0.25, -0.2) is 9.97 Å². The smallest absolute Gasteiger partial charge is 0.263 e. The first-order chi connectivity index (χ1) is 10.1. The highest BCUT2D eigenvalue weighted by Crippen LogP contribution is 2.39. The van der Waals surface area contributed by atoms with E-state index in [0.29, 0.717) is 12.5 Å². The van der Waals surface area contributed by atoms with Crippen molar-refractivity contribution in [2.75, 3.05) is 6.54 Å². The van der Waals surface area contributed by atoms with Crippen molar-refractivity contribution < 1.29 is 4.79 Å². The molecule has 0 aliphatic heterocycles. The van der Waals surface area contributed by atoms with Crippen LogP contribution in [-0.4, -0.2) is 27.0 Å². The summed E-state index contributed by atoms with van der Waals surface area (Å²) in [4.78, 5) is 21.7. The topological polar surface area (TPSA) is 59.8 Å². The maximum Gasteiger partial charge on any atom is 0.263 e. The predicted octanol–water partition coefficient (Wildman–Crippen LogP) is 2.57. The number of carbonyl (C=O) groups is 1. The third-order valence-electron chi connectivity index (χ3n) is 3.76. The molecule has 0 unspecified atom stereocenters. The van der Waals surface area contributed by atoms with Crippen molar-refractivity contribution in [1.82, 2.24) is 19.9 Å². The molecule has 0 bridgehead atoms. The minimum absolute atomic E-state index is 0.0242. The summed E-state index contributed by atoms with van der Waals surface area (Å²) in [6.07, 6.45) is 4.40. The van der Waals surface area contributed by atoms with E-state index in [0.717, 1.165) is 27.8 Å². The minimum atomic E-state index is -0.0242. The van der Waals surface area contributed by atoms with Crippen LogP contribution in [0.1, 0.15) is 50.7 Å². The molecule has 1 N–H and O–H groups in total. The Balaban J connectivity index is 1.60. The average Bonchev–Trinajstić information content (AvgIpc) is 3.13. The highest BCUT2D eigenvalue weighted by Gasteiger charge is 2.28. The quantitative estimate of drug-likeness (QED) is 0.923. The first-order valence-corrected chi connectivity index (χ1v) is 8.12. The van der Waals surface area contributed by atoms with Gasteiger partial charge in [-0.05, 0) is 33.6 Å². The second kappa shape index (κ2) is 5.60. The lowest BCUT2D eigenvalue weighted by atomic mass is 10.3. The molecule has 6 heteroatoms. The fraction of sp³-hybridized carbons (Fsp3) is 0.533. The molecule has 0 spiro atoms. The lowest BCUT2D eigenvalue weighted by Gasteiger charge is -2.10. The number of imidazole rings is 1. The van der Waals surface area contributed by atoms with Crippen LogP contribution in [0.4, 0.5) is 0 Å². The van der Waals surface area contributed by atoms with Crippen LogP contribution in [0, 0.1) is 20.8 Å². The Labute approximate surface area is 128 Å². The number of nitrogens with zero attached hydrogens (tertiary/aromatic N) is 3. The molecule has 1 fully saturated rings. The van der Waals surface area contributed by atoms with Crippen molar-refractivity contribution in [1.29, 1.82) is 0 Å². The molecule has 2 aromatic heterocycles. The van der Waals surface area contributed by atoms with E-state index in [1.165, 1.54) is 30.0 Å². The van der Waals surface area contributed by atoms with Gasteiger partial charge in [-0.2, -0.15) is 0 Å². The molecule has 2 aromatic rings. The molecule has 2 heterocycles. The van der Waals surface area contributed by atoms with Gasteiger partial charge in [0.1, 0.15) is 10.7 Å². The Morgan fingerprint density at radius 2 is 2.19 bits per heavy atom. The zero-order valence-corrected chi connectivity index (χ0v) is 13.5. The third-order valence-corrected chi connectivity index (χ3v) is 4.83. The van der Waals surface area contributed by atoms with E-state index < -0.39 is 0 Å². The molecular formula is C15H20N4OS. The maximum atomic E-state index is 12.2. The summed E-state index contributed by atoms with van der Waals surface area (Å²) in [5.74, 6) is 1.77. The van der Waals surface area contributed by atoms with Crippen LogP contribution in [-0.2, 0) is 6.54 Å². The summed E-state index contributed by atoms with van der Waals surface area (Å²) in [5, 5.41) is 3.92. The molecule has 3 rings (SSSR count). The molecular weight excluding hydrogens is 284 g/mol. The highest BCUT2D eigenvalue weighted by molar-refractivity contribution is 7.13. The number of aromatic nitrogens is 3. The predicted molar refractivity (Wildman–Crippen MR) is 82.9 cm³/mol. The van der Waals surface area contributed by atoms with E-state index in [1.807, 2.05) is 20.0 Å². The van der Waals surface area contributed by atoms with E-state index in [4.69, 9.17) is 0 Å². The lowest BCUT2D eigenvalue weighted by molar-refractivity contribution is 0.0955. The van der Waals surface area contributed by atoms with Gasteiger partial charge in [0.05, 0.1) is 10.7 Å². The Bertz CT molecular complexity index is 669. The van der Waals surface area contributed by atoms with Gasteiger partial charge < -0.3 is 9.88 Å². The van der Waals surface area contributed by atoms with Crippen LogP contribution in [0.25, 0.3) is 0 Å². The molecule has 1 aliphatic carbocycles. The largest absolute Gasteiger partial charge is 0.349 e. The fourth-order valence-electron chi connectivity index (χ4n) is 2.54. The van der Waals surface area contributed by atoms with Crippen molar-refractivity contribution in [3.63, 3.8) is 0 Å². The van der Waals surface area contributed by atoms with Gasteiger partial charge in [0.25, 0.3) is 5.91 Å². The van der Waals surface area contributed by atoms with E-state index in [2.05, 4.69) is 26.8 Å². The van der Waals surface area contributed by atoms with Crippen LogP contribution >= 0.6 is 11.3 Å². The lowest BCUT2D eigenvalue weighted by Crippen LogP contribution is -2.27. The number of hydrogen-bond acceptors (Lipinski definition) is 4. The van der Waals surface area contributed by atoms with Crippen LogP contribution in [0.3, 0.4) is 0 Å². The number of rotatable bonds is 5. The second-order valence-electron chi connectivity index (χ2n) is 5.59. The zero-order chi connectivity index (χ0) is 15.0. The first-order valence-electron chi connectivity index (χ1n) is 7.30. The van der Waals surface area contributed by atoms with E-state index in [-0.39, 0.29) is 5.91 Å². The molecule has 0 aromatic carbocycles. The van der Waals surface area contributed by atoms with E-state index >= 15 is 0 Å². The van der Waals surface area contributed by atoms with Crippen LogP contribution in [0.2, 0.25) is 0 Å². The van der Waals surface area contributed by atoms with Crippen molar-refractivity contribution >= 4 is 17.2 Å². The van der Waals surface area contributed by atoms with Gasteiger partial charge in [-0.1, -0.05) is 0 Å². The van der Waals surface area contributed by atoms with Crippen LogP contribution in [0.15, 0.2) is 6.20 Å². The summed E-state index contributed by atoms with van der Waals surface area (Å²) >= 11 is 1.45. The standard InChI is InChI=1S/C15H20N4OS/c1-9-8-17-14(12-4-5-12)19(9)7-6-16-15(20)13-10(2)18-11(3)21-13/h8,12H,4-7H2,1-3H3,(H,16,20). The summed E-state index contributed by atoms with van der Waals surface area (Å²) in [6, 6.07) is 0. The fourth-order valence-corrected chi connectivity index (χ4v) is 3.38. The highest BCUT2D eigenvalue weighted by atomic mass is 32.1. The van der Waals surface area contributed by atoms with E-state index in [9.17, 15) is 4.79 Å². The normalized spacial score (nSPS) is 14.4. The SMILES string of the molecule is Cc1nc(C)c(C(=O)NCCn2c(C)cnc2C2CC2)s1. The van der Waals surface area contributed by atoms with Crippen molar-refractivity contribution in [2.45, 2.75) is 46.1 Å². The average molecular weight is 304 g/mol. The van der Waals surface area contributed by atoms with Gasteiger partial charge in [0.15, 0.2) is 0 Å². The van der Waals surface area contributed by atoms with Gasteiger partial charge in [0.2, 0.25) is 0 Å². The number of aryl methyl sites for hydroxylation is 3. The molecule has 1 amide bonds. The van der Waals surface area contributed by atoms with Gasteiger partial charge in [0, 0.05) is 30.9 Å². The Kier molecular flexibility index (Phi) is 3.80. The molecule has 21 heavy (non-hydrogen) atoms. The molecule has 112 valence electrons. The molecule has 5 nitrogen and oxygen atoms in total. The van der Waals surface area contributed by atoms with Crippen molar-refractivity contribution in [3.8, 4) is 0 Å². The van der Waals surface area contributed by atoms with E-state index in [1.54, 1.807) is 0 Å². The van der Waals surface area contributed by atoms with Gasteiger partial charge in [-0.3, -0.25) is 4.79 Å². The maximum absolute atomic E-state index is 12.2. The summed E-state index contributed by atoms with van der Waals surface area (Å²) in [7, 11) is 0. The Morgan fingerprint density at radius 3 is 2.81 bits per heavy atom. The Hall–Kier alpha value is -1.69. The second-order valence-corrected chi connectivity index (χ2v) is 6.79. The molecule has 0 radical (unpaired) electrons. The zero-order valence-electron chi connectivity index (χ0n) is 12.6. The summed E-state index contributed by atoms with van der Waals surface area (Å²) in [5.41, 5.74) is 1.98. The van der Waals surface area contributed by atoms with Gasteiger partial charge in [-0.15, -0.1) is 11.3 Å². The number of carbonyl (C=O) groups excluding carboxylic acids is 1. The third kappa shape index (κ3) is 3.00. The minimum Gasteiger partial charge on any atom is -0.349 e. The molecule has 1 aliphatic rings. The number of hydrogen-bond donors (Lipinski definition) is 1. The molecule has 0 saturated heterocycles. The number of amides is 1. The first kappa shape index (κ1) is 14.3.